The molecule has 57 heavy (non-hydrogen) atoms. The molecule has 4 unspecified atom stereocenters. The van der Waals surface area contributed by atoms with Gasteiger partial charge in [0, 0.05) is 67.1 Å². The fraction of sp³-hybridized carbons (Fsp3) is 0.395. The van der Waals surface area contributed by atoms with Gasteiger partial charge in [-0.1, -0.05) is 12.1 Å². The molecule has 0 fully saturated rings. The lowest BCUT2D eigenvalue weighted by molar-refractivity contribution is -0.152. The van der Waals surface area contributed by atoms with Crippen LogP contribution in [0.2, 0.25) is 0 Å². The molecule has 1 heterocycles. The molecule has 0 aliphatic carbocycles. The smallest absolute Gasteiger partial charge is 0.303 e. The molecule has 14 nitrogen and oxygen atoms in total. The van der Waals surface area contributed by atoms with Gasteiger partial charge in [0.2, 0.25) is 0 Å². The van der Waals surface area contributed by atoms with Crippen molar-refractivity contribution in [3.05, 3.63) is 82.4 Å². The molecule has 0 saturated heterocycles. The van der Waals surface area contributed by atoms with Crippen LogP contribution in [0.3, 0.4) is 0 Å². The fourth-order valence-electron chi connectivity index (χ4n) is 7.35. The van der Waals surface area contributed by atoms with E-state index in [0.29, 0.717) is 85.3 Å². The van der Waals surface area contributed by atoms with E-state index >= 15 is 0 Å². The van der Waals surface area contributed by atoms with Crippen LogP contribution in [0.15, 0.2) is 54.6 Å². The van der Waals surface area contributed by atoms with E-state index in [9.17, 15) is 9.59 Å². The second-order valence-corrected chi connectivity index (χ2v) is 13.0. The number of hydrogen-bond acceptors (Lipinski definition) is 14. The summed E-state index contributed by atoms with van der Waals surface area (Å²) >= 11 is 0. The minimum absolute atomic E-state index is 0.103. The van der Waals surface area contributed by atoms with Crippen LogP contribution in [0.4, 0.5) is 0 Å². The topological polar surface area (TPSA) is 145 Å². The van der Waals surface area contributed by atoms with Crippen LogP contribution in [0.1, 0.15) is 53.7 Å². The molecular weight excluding hydrogens is 740 g/mol. The maximum absolute atomic E-state index is 13.1. The van der Waals surface area contributed by atoms with Gasteiger partial charge >= 0.3 is 11.9 Å². The van der Waals surface area contributed by atoms with E-state index in [0.717, 1.165) is 0 Å². The predicted molar refractivity (Wildman–Crippen MR) is 208 cm³/mol. The summed E-state index contributed by atoms with van der Waals surface area (Å²) in [6.07, 6.45) is -2.19. The van der Waals surface area contributed by atoms with Gasteiger partial charge in [-0.05, 0) is 29.8 Å². The first-order valence-corrected chi connectivity index (χ1v) is 18.0. The Bertz CT molecular complexity index is 2040. The van der Waals surface area contributed by atoms with Crippen molar-refractivity contribution >= 4 is 11.9 Å². The van der Waals surface area contributed by atoms with E-state index in [4.69, 9.17) is 56.8 Å². The molecule has 14 heteroatoms. The van der Waals surface area contributed by atoms with Gasteiger partial charge in [-0.2, -0.15) is 0 Å². The van der Waals surface area contributed by atoms with Crippen molar-refractivity contribution in [1.82, 2.24) is 0 Å². The number of rotatable bonds is 17. The summed E-state index contributed by atoms with van der Waals surface area (Å²) in [7, 11) is 13.8. The molecule has 0 aromatic heterocycles. The molecule has 0 bridgehead atoms. The van der Waals surface area contributed by atoms with E-state index in [1.807, 2.05) is 18.2 Å². The summed E-state index contributed by atoms with van der Waals surface area (Å²) in [5, 5.41) is 0. The molecule has 1 aliphatic heterocycles. The highest BCUT2D eigenvalue weighted by molar-refractivity contribution is 5.69. The van der Waals surface area contributed by atoms with Crippen LogP contribution in [0, 0.1) is 0 Å². The maximum Gasteiger partial charge on any atom is 0.303 e. The summed E-state index contributed by atoms with van der Waals surface area (Å²) in [5.74, 6) is 2.72. The van der Waals surface area contributed by atoms with Crippen molar-refractivity contribution in [2.24, 2.45) is 0 Å². The quantitative estimate of drug-likeness (QED) is 0.105. The van der Waals surface area contributed by atoms with E-state index in [2.05, 4.69) is 0 Å². The number of fused-ring (bicyclic) bond motifs is 1. The zero-order valence-electron chi connectivity index (χ0n) is 34.1. The van der Waals surface area contributed by atoms with Gasteiger partial charge in [-0.3, -0.25) is 9.59 Å². The SMILES string of the molecule is COc1cc(OC)c(CC(OC(C)=O)C(c2ccc(OC)c(OC)c2)c2c(OC)cc3c(c2OC)CC(OC(C)=O)C(c2ccc(OC)c(OC)c2)O3)c(OC)c1. The second-order valence-electron chi connectivity index (χ2n) is 13.0. The largest absolute Gasteiger partial charge is 0.496 e. The second kappa shape index (κ2) is 18.6. The Hall–Kier alpha value is -6.18. The maximum atomic E-state index is 13.1. The van der Waals surface area contributed by atoms with Crippen LogP contribution in [0.25, 0.3) is 0 Å². The van der Waals surface area contributed by atoms with Gasteiger partial charge in [0.25, 0.3) is 0 Å². The Labute approximate surface area is 332 Å². The molecular formula is C43H50O14. The average molecular weight is 791 g/mol. The molecule has 0 saturated carbocycles. The van der Waals surface area contributed by atoms with Crippen molar-refractivity contribution in [2.45, 2.75) is 50.9 Å². The highest BCUT2D eigenvalue weighted by Crippen LogP contribution is 2.52. The van der Waals surface area contributed by atoms with Crippen molar-refractivity contribution in [2.75, 3.05) is 64.0 Å². The van der Waals surface area contributed by atoms with Gasteiger partial charge in [-0.15, -0.1) is 0 Å². The van der Waals surface area contributed by atoms with Crippen LogP contribution in [-0.4, -0.2) is 88.1 Å². The Kier molecular flexibility index (Phi) is 13.7. The molecule has 0 N–H and O–H groups in total. The van der Waals surface area contributed by atoms with Crippen LogP contribution in [-0.2, 0) is 31.9 Å². The Balaban J connectivity index is 1.79. The lowest BCUT2D eigenvalue weighted by atomic mass is 9.80. The summed E-state index contributed by atoms with van der Waals surface area (Å²) in [6.45, 7) is 2.69. The Morgan fingerprint density at radius 2 is 1.21 bits per heavy atom. The van der Waals surface area contributed by atoms with Crippen molar-refractivity contribution in [1.29, 1.82) is 0 Å². The Morgan fingerprint density at radius 3 is 1.74 bits per heavy atom. The molecule has 306 valence electrons. The third-order valence-corrected chi connectivity index (χ3v) is 9.81. The van der Waals surface area contributed by atoms with Gasteiger partial charge in [-0.25, -0.2) is 0 Å². The number of benzene rings is 4. The zero-order chi connectivity index (χ0) is 41.4. The predicted octanol–water partition coefficient (Wildman–Crippen LogP) is 6.68. The number of esters is 2. The lowest BCUT2D eigenvalue weighted by Gasteiger charge is -2.37. The van der Waals surface area contributed by atoms with Crippen LogP contribution in [0.5, 0.6) is 57.5 Å². The summed E-state index contributed by atoms with van der Waals surface area (Å²) in [4.78, 5) is 25.7. The van der Waals surface area contributed by atoms with Gasteiger partial charge in [0.1, 0.15) is 46.7 Å². The standard InChI is InChI=1S/C43H50O14/c1-23(44)55-38(20-28-32(49-6)18-27(46-3)19-33(28)50-7)40(25-12-14-30(47-4)35(16-25)51-8)41-37(53-10)22-34-29(43(41)54-11)21-39(56-24(2)45)42(57-34)26-13-15-31(48-5)36(17-26)52-9/h12-19,22,38-40,42H,20-21H2,1-11H3. The van der Waals surface area contributed by atoms with Crippen LogP contribution < -0.4 is 47.4 Å². The summed E-state index contributed by atoms with van der Waals surface area (Å²) in [5.41, 5.74) is 3.09. The number of carbonyl (C=O) groups is 2. The van der Waals surface area contributed by atoms with Gasteiger partial charge in [0.05, 0.1) is 69.9 Å². The highest BCUT2D eigenvalue weighted by Gasteiger charge is 2.41. The van der Waals surface area contributed by atoms with Crippen LogP contribution >= 0.6 is 0 Å². The monoisotopic (exact) mass is 790 g/mol. The zero-order valence-corrected chi connectivity index (χ0v) is 34.1. The fourth-order valence-corrected chi connectivity index (χ4v) is 7.35. The first-order chi connectivity index (χ1) is 27.5. The normalized spacial score (nSPS) is 15.4. The number of carbonyl (C=O) groups excluding carboxylic acids is 2. The molecule has 4 aromatic carbocycles. The third-order valence-electron chi connectivity index (χ3n) is 9.81. The molecule has 0 radical (unpaired) electrons. The molecule has 5 rings (SSSR count). The van der Waals surface area contributed by atoms with Crippen molar-refractivity contribution in [3.63, 3.8) is 0 Å². The minimum atomic E-state index is -0.939. The summed E-state index contributed by atoms with van der Waals surface area (Å²) in [6, 6.07) is 16.0. The Morgan fingerprint density at radius 1 is 0.632 bits per heavy atom. The van der Waals surface area contributed by atoms with E-state index in [-0.39, 0.29) is 12.8 Å². The molecule has 0 spiro atoms. The molecule has 0 amide bonds. The number of hydrogen-bond donors (Lipinski definition) is 0. The summed E-state index contributed by atoms with van der Waals surface area (Å²) < 4.78 is 70.8. The molecule has 4 aromatic rings. The molecule has 4 atom stereocenters. The first-order valence-electron chi connectivity index (χ1n) is 18.0. The lowest BCUT2D eigenvalue weighted by Crippen LogP contribution is -2.35. The number of methoxy groups -OCH3 is 9. The average Bonchev–Trinajstić information content (AvgIpc) is 3.22. The number of ether oxygens (including phenoxy) is 12. The molecule has 1 aliphatic rings. The van der Waals surface area contributed by atoms with E-state index < -0.39 is 36.2 Å². The van der Waals surface area contributed by atoms with Gasteiger partial charge in [0.15, 0.2) is 29.1 Å². The highest BCUT2D eigenvalue weighted by atomic mass is 16.6. The minimum Gasteiger partial charge on any atom is -0.496 e. The van der Waals surface area contributed by atoms with Crippen molar-refractivity contribution < 1.29 is 66.4 Å². The van der Waals surface area contributed by atoms with Crippen molar-refractivity contribution in [3.8, 4) is 57.5 Å². The third kappa shape index (κ3) is 8.79. The first kappa shape index (κ1) is 42.0. The van der Waals surface area contributed by atoms with Gasteiger partial charge < -0.3 is 56.8 Å². The van der Waals surface area contributed by atoms with E-state index in [1.165, 1.54) is 56.5 Å². The van der Waals surface area contributed by atoms with E-state index in [1.54, 1.807) is 57.7 Å².